The molecule has 4 aromatic rings. The van der Waals surface area contributed by atoms with Crippen LogP contribution in [0.25, 0.3) is 28.1 Å². The molecule has 1 amide bonds. The summed E-state index contributed by atoms with van der Waals surface area (Å²) < 4.78 is 7.60. The molecule has 2 atom stereocenters. The topological polar surface area (TPSA) is 84.8 Å². The average molecular weight is 448 g/mol. The fourth-order valence-corrected chi connectivity index (χ4v) is 4.79. The largest absolute Gasteiger partial charge is 0.376 e. The fourth-order valence-electron chi connectivity index (χ4n) is 3.90. The van der Waals surface area contributed by atoms with Gasteiger partial charge in [-0.2, -0.15) is 0 Å². The second-order valence-electron chi connectivity index (χ2n) is 7.89. The number of aromatic nitrogens is 4. The van der Waals surface area contributed by atoms with Gasteiger partial charge in [0.2, 0.25) is 5.91 Å². The van der Waals surface area contributed by atoms with Crippen LogP contribution in [-0.4, -0.2) is 50.2 Å². The van der Waals surface area contributed by atoms with E-state index in [1.54, 1.807) is 0 Å². The van der Waals surface area contributed by atoms with Gasteiger partial charge >= 0.3 is 0 Å². The maximum Gasteiger partial charge on any atom is 0.233 e. The number of para-hydroxylation sites is 2. The molecule has 2 aromatic heterocycles. The molecule has 7 nitrogen and oxygen atoms in total. The van der Waals surface area contributed by atoms with E-state index in [1.807, 2.05) is 60.0 Å². The molecule has 0 saturated carbocycles. The summed E-state index contributed by atoms with van der Waals surface area (Å²) in [7, 11) is 0. The molecule has 8 heteroatoms. The van der Waals surface area contributed by atoms with Gasteiger partial charge in [0.25, 0.3) is 0 Å². The highest BCUT2D eigenvalue weighted by Crippen LogP contribution is 2.31. The Bertz CT molecular complexity index is 1180. The van der Waals surface area contributed by atoms with Crippen LogP contribution in [0, 0.1) is 0 Å². The summed E-state index contributed by atoms with van der Waals surface area (Å²) in [4.78, 5) is 16.1. The van der Waals surface area contributed by atoms with Crippen molar-refractivity contribution < 1.29 is 9.53 Å². The first kappa shape index (κ1) is 20.8. The zero-order valence-electron chi connectivity index (χ0n) is 17.8. The maximum absolute atomic E-state index is 12.7. The van der Waals surface area contributed by atoms with E-state index in [1.165, 1.54) is 11.8 Å². The Balaban J connectivity index is 1.42. The number of thioether (sulfide) groups is 1. The molecule has 32 heavy (non-hydrogen) atoms. The Morgan fingerprint density at radius 3 is 2.81 bits per heavy atom. The molecule has 2 N–H and O–H groups in total. The number of ether oxygens (including phenoxy) is 1. The lowest BCUT2D eigenvalue weighted by atomic mass is 10.2. The monoisotopic (exact) mass is 447 g/mol. The van der Waals surface area contributed by atoms with Gasteiger partial charge in [-0.3, -0.25) is 9.36 Å². The minimum absolute atomic E-state index is 0.0275. The molecular formula is C24H25N5O2S. The van der Waals surface area contributed by atoms with Crippen molar-refractivity contribution in [3.05, 3.63) is 60.7 Å². The van der Waals surface area contributed by atoms with Crippen molar-refractivity contribution in [3.8, 4) is 17.2 Å². The van der Waals surface area contributed by atoms with Crippen molar-refractivity contribution in [2.24, 2.45) is 0 Å². The third-order valence-corrected chi connectivity index (χ3v) is 6.64. The number of benzene rings is 2. The predicted molar refractivity (Wildman–Crippen MR) is 126 cm³/mol. The molecule has 0 radical (unpaired) electrons. The van der Waals surface area contributed by atoms with Crippen LogP contribution < -0.4 is 5.32 Å². The van der Waals surface area contributed by atoms with E-state index < -0.39 is 0 Å². The van der Waals surface area contributed by atoms with E-state index in [-0.39, 0.29) is 17.3 Å². The van der Waals surface area contributed by atoms with Gasteiger partial charge in [0.15, 0.2) is 11.0 Å². The van der Waals surface area contributed by atoms with Crippen molar-refractivity contribution in [2.75, 3.05) is 13.2 Å². The number of aromatic amines is 1. The van der Waals surface area contributed by atoms with Crippen molar-refractivity contribution >= 4 is 28.6 Å². The molecule has 0 bridgehead atoms. The number of nitrogens with one attached hydrogen (secondary N) is 2. The molecule has 0 aliphatic carbocycles. The minimum atomic E-state index is -0.321. The van der Waals surface area contributed by atoms with Crippen LogP contribution in [0.4, 0.5) is 0 Å². The Morgan fingerprint density at radius 1 is 1.22 bits per heavy atom. The van der Waals surface area contributed by atoms with Crippen molar-refractivity contribution in [1.29, 1.82) is 0 Å². The third kappa shape index (κ3) is 4.28. The maximum atomic E-state index is 12.7. The smallest absolute Gasteiger partial charge is 0.233 e. The van der Waals surface area contributed by atoms with Crippen LogP contribution in [0.3, 0.4) is 0 Å². The molecule has 0 unspecified atom stereocenters. The number of H-pyrrole nitrogens is 1. The SMILES string of the molecule is C[C@H](Sc1nnc(-c2cc3ccccc3[nH]2)n1-c1ccccc1)C(=O)NC[C@@H]1CCCO1. The molecule has 1 aliphatic rings. The van der Waals surface area contributed by atoms with Gasteiger partial charge in [-0.15, -0.1) is 10.2 Å². The minimum Gasteiger partial charge on any atom is -0.376 e. The second-order valence-corrected chi connectivity index (χ2v) is 9.20. The van der Waals surface area contributed by atoms with Crippen LogP contribution in [0.1, 0.15) is 19.8 Å². The number of carbonyl (C=O) groups is 1. The normalized spacial score (nSPS) is 17.0. The van der Waals surface area contributed by atoms with Crippen molar-refractivity contribution in [2.45, 2.75) is 36.3 Å². The number of rotatable bonds is 7. The summed E-state index contributed by atoms with van der Waals surface area (Å²) in [6, 6.07) is 20.2. The molecule has 0 spiro atoms. The van der Waals surface area contributed by atoms with E-state index in [0.717, 1.165) is 41.7 Å². The zero-order valence-corrected chi connectivity index (χ0v) is 18.6. The van der Waals surface area contributed by atoms with Crippen LogP contribution in [0.15, 0.2) is 65.8 Å². The highest BCUT2D eigenvalue weighted by Gasteiger charge is 2.24. The van der Waals surface area contributed by atoms with Gasteiger partial charge in [-0.25, -0.2) is 0 Å². The highest BCUT2D eigenvalue weighted by atomic mass is 32.2. The van der Waals surface area contributed by atoms with Crippen molar-refractivity contribution in [3.63, 3.8) is 0 Å². The van der Waals surface area contributed by atoms with Gasteiger partial charge in [0.05, 0.1) is 17.0 Å². The first-order valence-electron chi connectivity index (χ1n) is 10.8. The molecular weight excluding hydrogens is 422 g/mol. The molecule has 164 valence electrons. The fraction of sp³-hybridized carbons (Fsp3) is 0.292. The standard InChI is InChI=1S/C24H25N5O2S/c1-16(23(30)25-15-19-11-7-13-31-19)32-24-28-27-22(29(24)18-9-3-2-4-10-18)21-14-17-8-5-6-12-20(17)26-21/h2-6,8-10,12,14,16,19,26H,7,11,13,15H2,1H3,(H,25,30)/t16-,19-/m0/s1. The summed E-state index contributed by atoms with van der Waals surface area (Å²) in [6.45, 7) is 3.22. The zero-order chi connectivity index (χ0) is 21.9. The van der Waals surface area contributed by atoms with Gasteiger partial charge in [-0.05, 0) is 44.0 Å². The Morgan fingerprint density at radius 2 is 2.03 bits per heavy atom. The summed E-state index contributed by atoms with van der Waals surface area (Å²) in [5.41, 5.74) is 2.87. The van der Waals surface area contributed by atoms with Gasteiger partial charge in [-0.1, -0.05) is 48.2 Å². The van der Waals surface area contributed by atoms with Crippen LogP contribution in [-0.2, 0) is 9.53 Å². The number of fused-ring (bicyclic) bond motifs is 1. The Labute approximate surface area is 190 Å². The summed E-state index contributed by atoms with van der Waals surface area (Å²) in [5.74, 6) is 0.683. The highest BCUT2D eigenvalue weighted by molar-refractivity contribution is 8.00. The average Bonchev–Trinajstić information content (AvgIpc) is 3.57. The first-order chi connectivity index (χ1) is 15.7. The quantitative estimate of drug-likeness (QED) is 0.415. The van der Waals surface area contributed by atoms with Gasteiger partial charge < -0.3 is 15.0 Å². The second kappa shape index (κ2) is 9.18. The molecule has 1 saturated heterocycles. The molecule has 3 heterocycles. The van der Waals surface area contributed by atoms with E-state index in [0.29, 0.717) is 17.5 Å². The molecule has 5 rings (SSSR count). The number of hydrogen-bond acceptors (Lipinski definition) is 5. The van der Waals surface area contributed by atoms with Crippen LogP contribution in [0.2, 0.25) is 0 Å². The van der Waals surface area contributed by atoms with E-state index in [2.05, 4.69) is 32.6 Å². The number of carbonyl (C=O) groups excluding carboxylic acids is 1. The number of amides is 1. The molecule has 1 aliphatic heterocycles. The predicted octanol–water partition coefficient (Wildman–Crippen LogP) is 4.19. The van der Waals surface area contributed by atoms with E-state index >= 15 is 0 Å². The third-order valence-electron chi connectivity index (χ3n) is 5.60. The lowest BCUT2D eigenvalue weighted by Crippen LogP contribution is -2.36. The van der Waals surface area contributed by atoms with Crippen LogP contribution >= 0.6 is 11.8 Å². The lowest BCUT2D eigenvalue weighted by molar-refractivity contribution is -0.120. The molecule has 2 aromatic carbocycles. The van der Waals surface area contributed by atoms with E-state index in [4.69, 9.17) is 4.74 Å². The number of nitrogens with zero attached hydrogens (tertiary/aromatic N) is 3. The summed E-state index contributed by atoms with van der Waals surface area (Å²) >= 11 is 1.40. The van der Waals surface area contributed by atoms with Gasteiger partial charge in [0.1, 0.15) is 0 Å². The van der Waals surface area contributed by atoms with Crippen LogP contribution in [0.5, 0.6) is 0 Å². The van der Waals surface area contributed by atoms with Gasteiger partial charge in [0, 0.05) is 29.7 Å². The Hall–Kier alpha value is -3.10. The Kier molecular flexibility index (Phi) is 5.96. The summed E-state index contributed by atoms with van der Waals surface area (Å²) in [6.07, 6.45) is 2.18. The molecule has 1 fully saturated rings. The summed E-state index contributed by atoms with van der Waals surface area (Å²) in [5, 5.41) is 13.4. The lowest BCUT2D eigenvalue weighted by Gasteiger charge is -2.15. The van der Waals surface area contributed by atoms with Crippen molar-refractivity contribution in [1.82, 2.24) is 25.1 Å². The number of hydrogen-bond donors (Lipinski definition) is 2. The van der Waals surface area contributed by atoms with E-state index in [9.17, 15) is 4.79 Å². The first-order valence-corrected chi connectivity index (χ1v) is 11.7.